The van der Waals surface area contributed by atoms with Crippen molar-refractivity contribution in [3.05, 3.63) is 40.7 Å². The lowest BCUT2D eigenvalue weighted by atomic mass is 10.1. The first-order valence-corrected chi connectivity index (χ1v) is 8.07. The highest BCUT2D eigenvalue weighted by Crippen LogP contribution is 2.21. The minimum atomic E-state index is -0.201. The van der Waals surface area contributed by atoms with Gasteiger partial charge >= 0.3 is 0 Å². The summed E-state index contributed by atoms with van der Waals surface area (Å²) in [5.74, 6) is -0.201. The van der Waals surface area contributed by atoms with Gasteiger partial charge in [0.25, 0.3) is 5.91 Å². The summed E-state index contributed by atoms with van der Waals surface area (Å²) in [5.41, 5.74) is 4.27. The van der Waals surface area contributed by atoms with E-state index in [9.17, 15) is 4.79 Å². The van der Waals surface area contributed by atoms with E-state index in [0.717, 1.165) is 48.4 Å². The van der Waals surface area contributed by atoms with Gasteiger partial charge in [-0.1, -0.05) is 11.3 Å². The van der Waals surface area contributed by atoms with E-state index in [1.807, 2.05) is 37.6 Å². The van der Waals surface area contributed by atoms with Crippen molar-refractivity contribution in [2.24, 2.45) is 0 Å². The van der Waals surface area contributed by atoms with Gasteiger partial charge < -0.3 is 10.6 Å². The summed E-state index contributed by atoms with van der Waals surface area (Å²) >= 11 is 0. The molecule has 6 nitrogen and oxygen atoms in total. The Balaban J connectivity index is 0.00000208. The van der Waals surface area contributed by atoms with Crippen LogP contribution in [0.25, 0.3) is 0 Å². The largest absolute Gasteiger partial charge is 0.321 e. The average Bonchev–Trinajstić information content (AvgIpc) is 2.89. The van der Waals surface area contributed by atoms with Crippen LogP contribution in [0.3, 0.4) is 0 Å². The molecule has 2 aromatic rings. The molecule has 1 saturated heterocycles. The Hall–Kier alpha value is -1.92. The molecule has 0 radical (unpaired) electrons. The second-order valence-electron chi connectivity index (χ2n) is 6.28. The number of rotatable bonds is 3. The van der Waals surface area contributed by atoms with Crippen molar-refractivity contribution in [3.8, 4) is 0 Å². The maximum Gasteiger partial charge on any atom is 0.278 e. The molecule has 0 spiro atoms. The van der Waals surface area contributed by atoms with E-state index >= 15 is 0 Å². The number of anilines is 1. The van der Waals surface area contributed by atoms with Crippen LogP contribution in [0.2, 0.25) is 0 Å². The molecule has 0 bridgehead atoms. The highest BCUT2D eigenvalue weighted by molar-refractivity contribution is 6.03. The number of carbonyl (C=O) groups is 1. The predicted molar refractivity (Wildman–Crippen MR) is 97.0 cm³/mol. The number of carbonyl (C=O) groups excluding carboxylic acids is 1. The number of halogens is 1. The molecule has 1 aliphatic rings. The number of hydrogen-bond donors (Lipinski definition) is 2. The summed E-state index contributed by atoms with van der Waals surface area (Å²) in [6.45, 7) is 7.91. The highest BCUT2D eigenvalue weighted by Gasteiger charge is 2.22. The highest BCUT2D eigenvalue weighted by atomic mass is 35.5. The van der Waals surface area contributed by atoms with E-state index in [2.05, 4.69) is 27.0 Å². The van der Waals surface area contributed by atoms with Crippen LogP contribution in [0.15, 0.2) is 18.2 Å². The fraction of sp³-hybridized carbons (Fsp3) is 0.471. The molecule has 0 aliphatic carbocycles. The Morgan fingerprint density at radius 2 is 1.79 bits per heavy atom. The minimum Gasteiger partial charge on any atom is -0.321 e. The number of benzene rings is 1. The first-order valence-electron chi connectivity index (χ1n) is 8.07. The van der Waals surface area contributed by atoms with Crippen LogP contribution in [0.1, 0.15) is 46.2 Å². The summed E-state index contributed by atoms with van der Waals surface area (Å²) < 4.78 is 1.90. The van der Waals surface area contributed by atoms with Gasteiger partial charge in [-0.05, 0) is 70.0 Å². The van der Waals surface area contributed by atoms with Crippen molar-refractivity contribution >= 4 is 24.0 Å². The van der Waals surface area contributed by atoms with Crippen LogP contribution >= 0.6 is 12.4 Å². The third kappa shape index (κ3) is 3.94. The second kappa shape index (κ2) is 7.77. The molecule has 7 heteroatoms. The normalized spacial score (nSPS) is 15.0. The lowest BCUT2D eigenvalue weighted by molar-refractivity contribution is 0.102. The fourth-order valence-corrected chi connectivity index (χ4v) is 3.19. The third-order valence-corrected chi connectivity index (χ3v) is 4.28. The lowest BCUT2D eigenvalue weighted by Gasteiger charge is -2.23. The molecule has 3 rings (SSSR count). The monoisotopic (exact) mass is 349 g/mol. The van der Waals surface area contributed by atoms with Crippen molar-refractivity contribution in [1.29, 1.82) is 0 Å². The van der Waals surface area contributed by atoms with Crippen molar-refractivity contribution in [2.45, 2.75) is 39.7 Å². The smallest absolute Gasteiger partial charge is 0.278 e. The zero-order valence-electron chi connectivity index (χ0n) is 14.3. The van der Waals surface area contributed by atoms with E-state index in [1.165, 1.54) is 0 Å². The standard InChI is InChI=1S/C17H23N5O.ClH/c1-11-8-12(2)10-14(9-11)19-17(23)16-13(3)22(21-20-16)15-4-6-18-7-5-15;/h8-10,15,18H,4-7H2,1-3H3,(H,19,23);1H. The predicted octanol–water partition coefficient (Wildman–Crippen LogP) is 2.80. The molecule has 0 saturated carbocycles. The molecule has 1 fully saturated rings. The van der Waals surface area contributed by atoms with Gasteiger partial charge in [-0.15, -0.1) is 17.5 Å². The third-order valence-electron chi connectivity index (χ3n) is 4.28. The Kier molecular flexibility index (Phi) is 5.96. The van der Waals surface area contributed by atoms with Crippen molar-refractivity contribution in [1.82, 2.24) is 20.3 Å². The molecule has 2 heterocycles. The van der Waals surface area contributed by atoms with Gasteiger partial charge in [0, 0.05) is 5.69 Å². The van der Waals surface area contributed by atoms with Gasteiger partial charge in [-0.3, -0.25) is 4.79 Å². The Labute approximate surface area is 148 Å². The number of amides is 1. The van der Waals surface area contributed by atoms with Crippen LogP contribution in [0, 0.1) is 20.8 Å². The van der Waals surface area contributed by atoms with Crippen LogP contribution in [-0.2, 0) is 0 Å². The number of aryl methyl sites for hydroxylation is 2. The SMILES string of the molecule is Cc1cc(C)cc(NC(=O)c2nnn(C3CCNCC3)c2C)c1.Cl. The molecule has 0 unspecified atom stereocenters. The summed E-state index contributed by atoms with van der Waals surface area (Å²) in [7, 11) is 0. The van der Waals surface area contributed by atoms with E-state index < -0.39 is 0 Å². The molecule has 1 amide bonds. The molecule has 1 aliphatic heterocycles. The maximum absolute atomic E-state index is 12.5. The van der Waals surface area contributed by atoms with Gasteiger partial charge in [0.1, 0.15) is 0 Å². The molecule has 1 aromatic carbocycles. The van der Waals surface area contributed by atoms with E-state index in [0.29, 0.717) is 11.7 Å². The molecular weight excluding hydrogens is 326 g/mol. The topological polar surface area (TPSA) is 71.8 Å². The number of piperidine rings is 1. The van der Waals surface area contributed by atoms with Gasteiger partial charge in [0.15, 0.2) is 5.69 Å². The zero-order valence-corrected chi connectivity index (χ0v) is 15.1. The molecule has 24 heavy (non-hydrogen) atoms. The van der Waals surface area contributed by atoms with Crippen molar-refractivity contribution < 1.29 is 4.79 Å². The number of aromatic nitrogens is 3. The second-order valence-corrected chi connectivity index (χ2v) is 6.28. The van der Waals surface area contributed by atoms with E-state index in [1.54, 1.807) is 0 Å². The quantitative estimate of drug-likeness (QED) is 0.893. The lowest BCUT2D eigenvalue weighted by Crippen LogP contribution is -2.30. The van der Waals surface area contributed by atoms with Crippen LogP contribution in [-0.4, -0.2) is 34.0 Å². The van der Waals surface area contributed by atoms with Crippen LogP contribution in [0.4, 0.5) is 5.69 Å². The van der Waals surface area contributed by atoms with Gasteiger partial charge in [0.2, 0.25) is 0 Å². The number of nitrogens with one attached hydrogen (secondary N) is 2. The maximum atomic E-state index is 12.5. The number of hydrogen-bond acceptors (Lipinski definition) is 4. The average molecular weight is 350 g/mol. The Morgan fingerprint density at radius 1 is 1.17 bits per heavy atom. The molecule has 130 valence electrons. The molecule has 2 N–H and O–H groups in total. The zero-order chi connectivity index (χ0) is 16.4. The molecular formula is C17H24ClN5O. The van der Waals surface area contributed by atoms with E-state index in [4.69, 9.17) is 0 Å². The summed E-state index contributed by atoms with van der Waals surface area (Å²) in [4.78, 5) is 12.5. The van der Waals surface area contributed by atoms with Crippen molar-refractivity contribution in [2.75, 3.05) is 18.4 Å². The van der Waals surface area contributed by atoms with Crippen molar-refractivity contribution in [3.63, 3.8) is 0 Å². The summed E-state index contributed by atoms with van der Waals surface area (Å²) in [6.07, 6.45) is 2.03. The summed E-state index contributed by atoms with van der Waals surface area (Å²) in [5, 5.41) is 14.6. The first kappa shape index (κ1) is 18.4. The van der Waals surface area contributed by atoms with E-state index in [-0.39, 0.29) is 18.3 Å². The minimum absolute atomic E-state index is 0. The van der Waals surface area contributed by atoms with Crippen LogP contribution < -0.4 is 10.6 Å². The van der Waals surface area contributed by atoms with Gasteiger partial charge in [-0.2, -0.15) is 0 Å². The molecule has 0 atom stereocenters. The van der Waals surface area contributed by atoms with Crippen LogP contribution in [0.5, 0.6) is 0 Å². The number of nitrogens with zero attached hydrogens (tertiary/aromatic N) is 3. The fourth-order valence-electron chi connectivity index (χ4n) is 3.19. The van der Waals surface area contributed by atoms with Gasteiger partial charge in [0.05, 0.1) is 11.7 Å². The summed E-state index contributed by atoms with van der Waals surface area (Å²) in [6, 6.07) is 6.31. The first-order chi connectivity index (χ1) is 11.0. The Morgan fingerprint density at radius 3 is 2.42 bits per heavy atom. The Bertz CT molecular complexity index is 702. The van der Waals surface area contributed by atoms with Gasteiger partial charge in [-0.25, -0.2) is 4.68 Å². The molecule has 1 aromatic heterocycles.